The number of urea groups is 1. The number of aliphatic hydroxyl groups excluding tert-OH is 1. The van der Waals surface area contributed by atoms with Gasteiger partial charge < -0.3 is 20.2 Å². The highest BCUT2D eigenvalue weighted by molar-refractivity contribution is 6.31. The van der Waals surface area contributed by atoms with E-state index in [1.165, 1.54) is 4.90 Å². The number of halogens is 3. The molecule has 0 radical (unpaired) electrons. The lowest BCUT2D eigenvalue weighted by molar-refractivity contribution is 0.0761. The number of hydrogen-bond donors (Lipinski definition) is 2. The van der Waals surface area contributed by atoms with Crippen LogP contribution in [0.25, 0.3) is 0 Å². The quantitative estimate of drug-likeness (QED) is 0.683. The molecule has 0 spiro atoms. The van der Waals surface area contributed by atoms with Crippen LogP contribution >= 0.6 is 11.6 Å². The lowest BCUT2D eigenvalue weighted by atomic mass is 9.99. The molecule has 0 saturated carbocycles. The molecular weight excluding hydrogens is 432 g/mol. The van der Waals surface area contributed by atoms with E-state index in [9.17, 15) is 23.5 Å². The van der Waals surface area contributed by atoms with Crippen LogP contribution in [0.2, 0.25) is 5.02 Å². The van der Waals surface area contributed by atoms with E-state index in [4.69, 9.17) is 11.6 Å². The zero-order chi connectivity index (χ0) is 22.4. The van der Waals surface area contributed by atoms with Crippen molar-refractivity contribution in [3.63, 3.8) is 0 Å². The van der Waals surface area contributed by atoms with Gasteiger partial charge in [-0.2, -0.15) is 5.10 Å². The second-order valence-electron chi connectivity index (χ2n) is 8.02. The third-order valence-electron chi connectivity index (χ3n) is 5.79. The van der Waals surface area contributed by atoms with Crippen LogP contribution in [0.1, 0.15) is 28.7 Å². The molecule has 11 heteroatoms. The van der Waals surface area contributed by atoms with Gasteiger partial charge in [-0.05, 0) is 19.1 Å². The number of anilines is 1. The van der Waals surface area contributed by atoms with Gasteiger partial charge in [-0.15, -0.1) is 0 Å². The Morgan fingerprint density at radius 3 is 2.81 bits per heavy atom. The highest BCUT2D eigenvalue weighted by Gasteiger charge is 2.37. The van der Waals surface area contributed by atoms with E-state index in [1.807, 2.05) is 6.92 Å². The van der Waals surface area contributed by atoms with E-state index in [1.54, 1.807) is 16.6 Å². The number of rotatable bonds is 2. The summed E-state index contributed by atoms with van der Waals surface area (Å²) >= 11 is 5.60. The molecule has 4 rings (SSSR count). The van der Waals surface area contributed by atoms with Crippen molar-refractivity contribution in [1.29, 1.82) is 0 Å². The summed E-state index contributed by atoms with van der Waals surface area (Å²) in [5, 5.41) is 15.9. The topological polar surface area (TPSA) is 90.7 Å². The Bertz CT molecular complexity index is 1060. The van der Waals surface area contributed by atoms with Crippen LogP contribution in [0.15, 0.2) is 12.1 Å². The van der Waals surface area contributed by atoms with E-state index in [2.05, 4.69) is 10.4 Å². The average molecular weight is 454 g/mol. The predicted octanol–water partition coefficient (Wildman–Crippen LogP) is 2.49. The number of carbonyl (C=O) groups excluding carboxylic acids is 2. The highest BCUT2D eigenvalue weighted by Crippen LogP contribution is 2.30. The normalized spacial score (nSPS) is 20.9. The molecule has 0 bridgehead atoms. The Balaban J connectivity index is 1.63. The summed E-state index contributed by atoms with van der Waals surface area (Å²) in [6.07, 6.45) is 0.413. The van der Waals surface area contributed by atoms with Gasteiger partial charge in [0.15, 0.2) is 5.82 Å². The van der Waals surface area contributed by atoms with Crippen LogP contribution in [-0.4, -0.2) is 62.9 Å². The molecular formula is C20H22ClF2N5O3. The van der Waals surface area contributed by atoms with Gasteiger partial charge in [0, 0.05) is 50.7 Å². The van der Waals surface area contributed by atoms with Gasteiger partial charge in [-0.25, -0.2) is 13.6 Å². The molecule has 2 aromatic rings. The van der Waals surface area contributed by atoms with E-state index in [0.29, 0.717) is 30.8 Å². The van der Waals surface area contributed by atoms with Crippen LogP contribution in [0.5, 0.6) is 0 Å². The lowest BCUT2D eigenvalue weighted by Crippen LogP contribution is -2.45. The van der Waals surface area contributed by atoms with Gasteiger partial charge in [0.25, 0.3) is 5.91 Å². The van der Waals surface area contributed by atoms with Gasteiger partial charge in [0.2, 0.25) is 0 Å². The maximum Gasteiger partial charge on any atom is 0.322 e. The number of nitrogens with one attached hydrogen (secondary N) is 1. The fourth-order valence-corrected chi connectivity index (χ4v) is 4.28. The first-order chi connectivity index (χ1) is 14.7. The van der Waals surface area contributed by atoms with Crippen LogP contribution in [0, 0.1) is 17.6 Å². The van der Waals surface area contributed by atoms with Crippen LogP contribution in [0.4, 0.5) is 19.3 Å². The van der Waals surface area contributed by atoms with Crippen molar-refractivity contribution in [2.75, 3.05) is 25.5 Å². The third-order valence-corrected chi connectivity index (χ3v) is 6.14. The highest BCUT2D eigenvalue weighted by atomic mass is 35.5. The number of aromatic nitrogens is 2. The van der Waals surface area contributed by atoms with Crippen molar-refractivity contribution in [3.05, 3.63) is 45.7 Å². The molecule has 1 unspecified atom stereocenters. The molecule has 2 atom stereocenters. The van der Waals surface area contributed by atoms with Gasteiger partial charge in [0.1, 0.15) is 16.5 Å². The van der Waals surface area contributed by atoms with E-state index >= 15 is 0 Å². The molecule has 0 saturated heterocycles. The first-order valence-electron chi connectivity index (χ1n) is 9.87. The number of nitrogens with zero attached hydrogens (tertiary/aromatic N) is 4. The molecule has 1 aromatic heterocycles. The van der Waals surface area contributed by atoms with Crippen molar-refractivity contribution < 1.29 is 23.5 Å². The monoisotopic (exact) mass is 453 g/mol. The summed E-state index contributed by atoms with van der Waals surface area (Å²) in [5.41, 5.74) is 1.53. The molecule has 0 aliphatic carbocycles. The molecule has 166 valence electrons. The maximum absolute atomic E-state index is 14.2. The second kappa shape index (κ2) is 8.08. The second-order valence-corrected chi connectivity index (χ2v) is 8.40. The molecule has 2 aliphatic rings. The standard InChI is InChI=1S/C20H22ClF2N5O3/c1-10-5-15-12(18-19(30)26(2)6-11(9-29)7-28(18)25-15)8-27(10)20(31)24-14-4-3-13(22)16(21)17(14)23/h3-4,10-11,29H,5-9H2,1-2H3,(H,24,31)/t10-,11?/m1/s1. The number of hydrogen-bond acceptors (Lipinski definition) is 4. The van der Waals surface area contributed by atoms with E-state index in [0.717, 1.165) is 17.8 Å². The molecule has 1 aromatic carbocycles. The number of amides is 3. The minimum atomic E-state index is -1.05. The largest absolute Gasteiger partial charge is 0.396 e. The van der Waals surface area contributed by atoms with Crippen LogP contribution < -0.4 is 5.32 Å². The summed E-state index contributed by atoms with van der Waals surface area (Å²) in [6.45, 7) is 2.66. The van der Waals surface area contributed by atoms with Crippen molar-refractivity contribution in [2.45, 2.75) is 32.5 Å². The zero-order valence-electron chi connectivity index (χ0n) is 17.0. The van der Waals surface area contributed by atoms with Crippen LogP contribution in [-0.2, 0) is 19.5 Å². The number of fused-ring (bicyclic) bond motifs is 3. The molecule has 31 heavy (non-hydrogen) atoms. The Labute approximate surface area is 182 Å². The summed E-state index contributed by atoms with van der Waals surface area (Å²) in [4.78, 5) is 28.9. The van der Waals surface area contributed by atoms with Crippen molar-refractivity contribution in [1.82, 2.24) is 19.6 Å². The lowest BCUT2D eigenvalue weighted by Gasteiger charge is -2.33. The van der Waals surface area contributed by atoms with E-state index < -0.39 is 22.7 Å². The summed E-state index contributed by atoms with van der Waals surface area (Å²) in [7, 11) is 1.66. The smallest absolute Gasteiger partial charge is 0.322 e. The van der Waals surface area contributed by atoms with Gasteiger partial charge in [0.05, 0.1) is 17.9 Å². The first-order valence-corrected chi connectivity index (χ1v) is 10.2. The molecule has 0 fully saturated rings. The van der Waals surface area contributed by atoms with Gasteiger partial charge >= 0.3 is 6.03 Å². The van der Waals surface area contributed by atoms with Crippen molar-refractivity contribution in [2.24, 2.45) is 5.92 Å². The summed E-state index contributed by atoms with van der Waals surface area (Å²) < 4.78 is 29.2. The minimum Gasteiger partial charge on any atom is -0.396 e. The van der Waals surface area contributed by atoms with Gasteiger partial charge in [-0.3, -0.25) is 9.48 Å². The average Bonchev–Trinajstić information content (AvgIpc) is 3.02. The third kappa shape index (κ3) is 3.74. The fourth-order valence-electron chi connectivity index (χ4n) is 4.12. The molecule has 3 amide bonds. The molecule has 8 nitrogen and oxygen atoms in total. The molecule has 2 aliphatic heterocycles. The maximum atomic E-state index is 14.2. The SMILES string of the molecule is C[C@@H]1Cc2nn3c(c2CN1C(=O)Nc1ccc(F)c(Cl)c1F)C(=O)N(C)CC(CO)C3. The van der Waals surface area contributed by atoms with Crippen molar-refractivity contribution in [3.8, 4) is 0 Å². The Hall–Kier alpha value is -2.72. The Morgan fingerprint density at radius 1 is 1.35 bits per heavy atom. The number of benzene rings is 1. The van der Waals surface area contributed by atoms with Crippen molar-refractivity contribution >= 4 is 29.2 Å². The van der Waals surface area contributed by atoms with E-state index in [-0.39, 0.29) is 36.7 Å². The molecule has 2 N–H and O–H groups in total. The van der Waals surface area contributed by atoms with Crippen LogP contribution in [0.3, 0.4) is 0 Å². The summed E-state index contributed by atoms with van der Waals surface area (Å²) in [5.74, 6) is -2.33. The molecule has 3 heterocycles. The Kier molecular flexibility index (Phi) is 5.61. The zero-order valence-corrected chi connectivity index (χ0v) is 17.8. The first kappa shape index (κ1) is 21.5. The minimum absolute atomic E-state index is 0.0711. The fraction of sp³-hybridized carbons (Fsp3) is 0.450. The van der Waals surface area contributed by atoms with Gasteiger partial charge in [-0.1, -0.05) is 11.6 Å². The summed E-state index contributed by atoms with van der Waals surface area (Å²) in [6, 6.07) is 1.21. The Morgan fingerprint density at radius 2 is 2.10 bits per heavy atom. The predicted molar refractivity (Wildman–Crippen MR) is 109 cm³/mol. The number of carbonyl (C=O) groups is 2. The number of aliphatic hydroxyl groups is 1.